The molecule has 4 heteroatoms. The number of allylic oxidation sites excluding steroid dienone is 1. The van der Waals surface area contributed by atoms with E-state index in [1.165, 1.54) is 5.57 Å². The lowest BCUT2D eigenvalue weighted by Gasteiger charge is -2.56. The summed E-state index contributed by atoms with van der Waals surface area (Å²) in [6.45, 7) is 4.56. The molecule has 1 N–H and O–H groups in total. The van der Waals surface area contributed by atoms with Crippen LogP contribution in [0.1, 0.15) is 58.8 Å². The highest BCUT2D eigenvalue weighted by molar-refractivity contribution is 7.86. The average Bonchev–Trinajstić information content (AvgIpc) is 3.00. The number of Topliss-reactive ketones (excluding diaryl/α,β-unsaturated/α-hetero) is 1. The average molecular weight is 413 g/mol. The Morgan fingerprint density at radius 2 is 1.76 bits per heavy atom. The van der Waals surface area contributed by atoms with Crippen molar-refractivity contribution in [3.8, 4) is 0 Å². The molecule has 3 saturated carbocycles. The maximum Gasteiger partial charge on any atom is 0.154 e. The van der Waals surface area contributed by atoms with Crippen molar-refractivity contribution in [3.05, 3.63) is 42.0 Å². The summed E-state index contributed by atoms with van der Waals surface area (Å²) in [6, 6.07) is 9.52. The van der Waals surface area contributed by atoms with Crippen LogP contribution >= 0.6 is 0 Å². The van der Waals surface area contributed by atoms with Crippen LogP contribution in [0.4, 0.5) is 0 Å². The number of hydrogen-bond donors (Lipinski definition) is 1. The Morgan fingerprint density at radius 3 is 2.52 bits per heavy atom. The molecule has 3 nitrogen and oxygen atoms in total. The first kappa shape index (κ1) is 19.7. The lowest BCUT2D eigenvalue weighted by Crippen LogP contribution is -2.50. The van der Waals surface area contributed by atoms with Crippen molar-refractivity contribution in [2.24, 2.45) is 28.6 Å². The maximum atomic E-state index is 13.5. The molecule has 156 valence electrons. The number of rotatable bonds is 2. The Labute approximate surface area is 176 Å². The zero-order valence-electron chi connectivity index (χ0n) is 17.5. The molecule has 8 atom stereocenters. The quantitative estimate of drug-likeness (QED) is 0.719. The molecule has 5 rings (SSSR count). The second-order valence-electron chi connectivity index (χ2n) is 10.3. The molecule has 3 fully saturated rings. The van der Waals surface area contributed by atoms with Crippen LogP contribution in [-0.4, -0.2) is 26.5 Å². The molecule has 1 aromatic rings. The highest BCUT2D eigenvalue weighted by Crippen LogP contribution is 2.64. The summed E-state index contributed by atoms with van der Waals surface area (Å²) in [6.07, 6.45) is 8.74. The van der Waals surface area contributed by atoms with Crippen molar-refractivity contribution in [1.82, 2.24) is 0 Å². The third kappa shape index (κ3) is 2.85. The van der Waals surface area contributed by atoms with E-state index >= 15 is 0 Å². The van der Waals surface area contributed by atoms with Crippen molar-refractivity contribution in [3.63, 3.8) is 0 Å². The number of hydrogen-bond acceptors (Lipinski definition) is 3. The Bertz CT molecular complexity index is 877. The van der Waals surface area contributed by atoms with E-state index in [0.717, 1.165) is 49.8 Å². The fourth-order valence-corrected chi connectivity index (χ4v) is 8.91. The van der Waals surface area contributed by atoms with Crippen LogP contribution in [0, 0.1) is 28.6 Å². The first-order chi connectivity index (χ1) is 13.8. The van der Waals surface area contributed by atoms with Gasteiger partial charge in [0.25, 0.3) is 0 Å². The van der Waals surface area contributed by atoms with Crippen LogP contribution in [-0.2, 0) is 15.6 Å². The van der Waals surface area contributed by atoms with Gasteiger partial charge in [0, 0.05) is 10.3 Å². The molecule has 0 spiro atoms. The number of aliphatic hydroxyl groups is 1. The Hall–Kier alpha value is -1.26. The molecule has 0 aliphatic heterocycles. The highest BCUT2D eigenvalue weighted by atomic mass is 32.2. The molecule has 0 heterocycles. The van der Waals surface area contributed by atoms with E-state index in [0.29, 0.717) is 17.8 Å². The Kier molecular flexibility index (Phi) is 4.67. The molecule has 0 aromatic heterocycles. The summed E-state index contributed by atoms with van der Waals surface area (Å²) in [5, 5.41) is 9.81. The minimum Gasteiger partial charge on any atom is -0.393 e. The summed E-state index contributed by atoms with van der Waals surface area (Å²) in [4.78, 5) is 14.3. The second kappa shape index (κ2) is 6.88. The molecule has 4 aliphatic carbocycles. The topological polar surface area (TPSA) is 54.4 Å². The standard InChI is InChI=1S/C25H32O3S/c1-24-12-10-17(26)14-16(24)8-9-19-20(24)11-13-25(2)21(19)15-22(23(25)27)29(28)18-6-4-3-5-7-18/h3-8,17,19-22,26H,9-15H2,1-2H3. The fourth-order valence-electron chi connectivity index (χ4n) is 7.31. The van der Waals surface area contributed by atoms with Gasteiger partial charge in [0.05, 0.1) is 22.2 Å². The normalized spacial score (nSPS) is 45.0. The number of carbonyl (C=O) groups excluding carboxylic acids is 1. The van der Waals surface area contributed by atoms with Crippen LogP contribution in [0.25, 0.3) is 0 Å². The fraction of sp³-hybridized carbons (Fsp3) is 0.640. The molecular formula is C25H32O3S. The lowest BCUT2D eigenvalue weighted by atomic mass is 9.48. The van der Waals surface area contributed by atoms with E-state index < -0.39 is 10.8 Å². The monoisotopic (exact) mass is 412 g/mol. The second-order valence-corrected chi connectivity index (χ2v) is 11.9. The molecule has 29 heavy (non-hydrogen) atoms. The van der Waals surface area contributed by atoms with Gasteiger partial charge >= 0.3 is 0 Å². The van der Waals surface area contributed by atoms with Gasteiger partial charge in [0.1, 0.15) is 0 Å². The van der Waals surface area contributed by atoms with Crippen LogP contribution < -0.4 is 0 Å². The van der Waals surface area contributed by atoms with E-state index in [4.69, 9.17) is 0 Å². The molecule has 0 bridgehead atoms. The smallest absolute Gasteiger partial charge is 0.154 e. The van der Waals surface area contributed by atoms with Gasteiger partial charge in [-0.25, -0.2) is 0 Å². The van der Waals surface area contributed by atoms with Gasteiger partial charge in [-0.15, -0.1) is 0 Å². The molecule has 1 aromatic carbocycles. The van der Waals surface area contributed by atoms with Crippen LogP contribution in [0.2, 0.25) is 0 Å². The van der Waals surface area contributed by atoms with E-state index in [1.807, 2.05) is 30.3 Å². The summed E-state index contributed by atoms with van der Waals surface area (Å²) in [5.41, 5.74) is 1.30. The number of ketones is 1. The van der Waals surface area contributed by atoms with Gasteiger partial charge in [-0.3, -0.25) is 9.00 Å². The van der Waals surface area contributed by atoms with Gasteiger partial charge < -0.3 is 5.11 Å². The molecule has 8 unspecified atom stereocenters. The van der Waals surface area contributed by atoms with Gasteiger partial charge in [-0.05, 0) is 80.2 Å². The summed E-state index contributed by atoms with van der Waals surface area (Å²) in [7, 11) is -1.26. The number of benzene rings is 1. The van der Waals surface area contributed by atoms with Crippen molar-refractivity contribution in [2.75, 3.05) is 0 Å². The van der Waals surface area contributed by atoms with E-state index in [1.54, 1.807) is 0 Å². The van der Waals surface area contributed by atoms with Gasteiger partial charge in [-0.1, -0.05) is 43.7 Å². The molecule has 0 saturated heterocycles. The predicted octanol–water partition coefficient (Wildman–Crippen LogP) is 4.67. The Balaban J connectivity index is 1.46. The SMILES string of the molecule is CC12CCC3C(CC=C4CC(O)CCC43C)C1CC(S(=O)c1ccccc1)C2=O. The molecule has 0 amide bonds. The minimum atomic E-state index is -1.26. The summed E-state index contributed by atoms with van der Waals surface area (Å²) in [5.74, 6) is 1.65. The highest BCUT2D eigenvalue weighted by Gasteiger charge is 2.62. The van der Waals surface area contributed by atoms with Crippen molar-refractivity contribution in [1.29, 1.82) is 0 Å². The third-order valence-electron chi connectivity index (χ3n) is 9.02. The summed E-state index contributed by atoms with van der Waals surface area (Å²) >= 11 is 0. The third-order valence-corrected chi connectivity index (χ3v) is 10.7. The van der Waals surface area contributed by atoms with Crippen LogP contribution in [0.3, 0.4) is 0 Å². The zero-order valence-corrected chi connectivity index (χ0v) is 18.3. The van der Waals surface area contributed by atoms with Crippen molar-refractivity contribution < 1.29 is 14.1 Å². The number of fused-ring (bicyclic) bond motifs is 5. The molecule has 4 aliphatic rings. The van der Waals surface area contributed by atoms with Gasteiger partial charge in [0.2, 0.25) is 0 Å². The first-order valence-electron chi connectivity index (χ1n) is 11.2. The first-order valence-corrected chi connectivity index (χ1v) is 12.4. The zero-order chi connectivity index (χ0) is 20.4. The van der Waals surface area contributed by atoms with E-state index in [9.17, 15) is 14.1 Å². The largest absolute Gasteiger partial charge is 0.393 e. The van der Waals surface area contributed by atoms with Crippen molar-refractivity contribution in [2.45, 2.75) is 75.0 Å². The minimum absolute atomic E-state index is 0.170. The number of carbonyl (C=O) groups is 1. The maximum absolute atomic E-state index is 13.5. The van der Waals surface area contributed by atoms with Crippen LogP contribution in [0.5, 0.6) is 0 Å². The van der Waals surface area contributed by atoms with Crippen LogP contribution in [0.15, 0.2) is 46.9 Å². The van der Waals surface area contributed by atoms with E-state index in [-0.39, 0.29) is 28.0 Å². The lowest BCUT2D eigenvalue weighted by molar-refractivity contribution is -0.131. The molecule has 0 radical (unpaired) electrons. The summed E-state index contributed by atoms with van der Waals surface area (Å²) < 4.78 is 13.3. The predicted molar refractivity (Wildman–Crippen MR) is 115 cm³/mol. The van der Waals surface area contributed by atoms with Gasteiger partial charge in [-0.2, -0.15) is 0 Å². The Morgan fingerprint density at radius 1 is 1.03 bits per heavy atom. The van der Waals surface area contributed by atoms with Crippen molar-refractivity contribution >= 4 is 16.6 Å². The number of aliphatic hydroxyl groups excluding tert-OH is 1. The van der Waals surface area contributed by atoms with E-state index in [2.05, 4.69) is 19.9 Å². The van der Waals surface area contributed by atoms with Gasteiger partial charge in [0.15, 0.2) is 5.78 Å². The molecular weight excluding hydrogens is 380 g/mol.